The van der Waals surface area contributed by atoms with Crippen LogP contribution in [0.2, 0.25) is 10.0 Å². The van der Waals surface area contributed by atoms with Gasteiger partial charge in [-0.2, -0.15) is 5.10 Å². The Hall–Kier alpha value is -3.43. The maximum atomic E-state index is 12.4. The average molecular weight is 578 g/mol. The standard InChI is InChI=1S/C30H30Cl2N6O2/c1-36-19-33-17-27(36)30(39,20-4-7-22(31)8-5-20)21-6-9-26-24(16-21)28(32)25(29(35-26)40-2)18-37-14-10-23(11-15-37)38-13-3-12-34-38/h3-9,12-13,16-17,19,23,39H,10-11,14-15,18H2,1-2H3/t30-/m0/s1. The SMILES string of the molecule is COc1nc2ccc([C@@](O)(c3ccc(Cl)cc3)c3cncn3C)cc2c(Cl)c1CN1CCC(n2cccn2)CC1. The van der Waals surface area contributed by atoms with Crippen LogP contribution in [0.5, 0.6) is 5.88 Å². The van der Waals surface area contributed by atoms with Crippen molar-refractivity contribution in [3.05, 3.63) is 106 Å². The lowest BCUT2D eigenvalue weighted by Gasteiger charge is -2.32. The van der Waals surface area contributed by atoms with E-state index >= 15 is 0 Å². The molecular formula is C30H30Cl2N6O2. The predicted octanol–water partition coefficient (Wildman–Crippen LogP) is 5.60. The van der Waals surface area contributed by atoms with Crippen molar-refractivity contribution < 1.29 is 9.84 Å². The van der Waals surface area contributed by atoms with E-state index in [1.807, 2.05) is 65.1 Å². The summed E-state index contributed by atoms with van der Waals surface area (Å²) in [4.78, 5) is 11.4. The number of aryl methyl sites for hydroxylation is 1. The summed E-state index contributed by atoms with van der Waals surface area (Å²) in [6, 6.07) is 15.2. The molecule has 0 unspecified atom stereocenters. The fraction of sp³-hybridized carbons (Fsp3) is 0.300. The van der Waals surface area contributed by atoms with Gasteiger partial charge in [-0.1, -0.05) is 41.4 Å². The van der Waals surface area contributed by atoms with Crippen LogP contribution in [0, 0.1) is 0 Å². The Morgan fingerprint density at radius 2 is 1.82 bits per heavy atom. The van der Waals surface area contributed by atoms with E-state index in [1.165, 1.54) is 0 Å². The van der Waals surface area contributed by atoms with Crippen LogP contribution in [0.25, 0.3) is 10.9 Å². The second kappa shape index (κ2) is 10.9. The third-order valence-electron chi connectivity index (χ3n) is 7.88. The van der Waals surface area contributed by atoms with Crippen molar-refractivity contribution >= 4 is 34.1 Å². The van der Waals surface area contributed by atoms with E-state index in [0.29, 0.717) is 50.8 Å². The number of hydrogen-bond acceptors (Lipinski definition) is 6. The van der Waals surface area contributed by atoms with E-state index in [9.17, 15) is 5.11 Å². The zero-order chi connectivity index (χ0) is 27.9. The molecule has 1 saturated heterocycles. The number of likely N-dealkylation sites (tertiary alicyclic amines) is 1. The zero-order valence-electron chi connectivity index (χ0n) is 22.3. The molecule has 206 valence electrons. The molecule has 1 aliphatic heterocycles. The molecule has 40 heavy (non-hydrogen) atoms. The molecule has 4 heterocycles. The van der Waals surface area contributed by atoms with Crippen LogP contribution in [0.3, 0.4) is 0 Å². The van der Waals surface area contributed by atoms with Crippen LogP contribution < -0.4 is 4.74 Å². The number of halogens is 2. The number of rotatable bonds is 7. The lowest BCUT2D eigenvalue weighted by molar-refractivity contribution is 0.117. The quantitative estimate of drug-likeness (QED) is 0.271. The van der Waals surface area contributed by atoms with E-state index in [1.54, 1.807) is 31.8 Å². The number of fused-ring (bicyclic) bond motifs is 1. The molecule has 0 aliphatic carbocycles. The first-order valence-corrected chi connectivity index (χ1v) is 14.0. The van der Waals surface area contributed by atoms with E-state index in [0.717, 1.165) is 36.9 Å². The van der Waals surface area contributed by atoms with Gasteiger partial charge in [0.25, 0.3) is 0 Å². The predicted molar refractivity (Wildman–Crippen MR) is 156 cm³/mol. The number of piperidine rings is 1. The maximum Gasteiger partial charge on any atom is 0.219 e. The minimum absolute atomic E-state index is 0.401. The highest BCUT2D eigenvalue weighted by molar-refractivity contribution is 6.36. The van der Waals surface area contributed by atoms with E-state index in [-0.39, 0.29) is 0 Å². The van der Waals surface area contributed by atoms with Crippen molar-refractivity contribution in [2.75, 3.05) is 20.2 Å². The molecular weight excluding hydrogens is 547 g/mol. The van der Waals surface area contributed by atoms with Crippen LogP contribution in [0.4, 0.5) is 0 Å². The average Bonchev–Trinajstić information content (AvgIpc) is 3.67. The largest absolute Gasteiger partial charge is 0.481 e. The molecule has 1 N–H and O–H groups in total. The van der Waals surface area contributed by atoms with Gasteiger partial charge in [-0.25, -0.2) is 9.97 Å². The molecule has 0 bridgehead atoms. The number of hydrogen-bond donors (Lipinski definition) is 1. The summed E-state index contributed by atoms with van der Waals surface area (Å²) < 4.78 is 9.56. The third-order valence-corrected chi connectivity index (χ3v) is 8.56. The van der Waals surface area contributed by atoms with Gasteiger partial charge in [0, 0.05) is 55.0 Å². The van der Waals surface area contributed by atoms with Crippen molar-refractivity contribution in [2.45, 2.75) is 31.0 Å². The lowest BCUT2D eigenvalue weighted by atomic mass is 9.83. The minimum atomic E-state index is -1.50. The fourth-order valence-electron chi connectivity index (χ4n) is 5.70. The number of methoxy groups -OCH3 is 1. The second-order valence-electron chi connectivity index (χ2n) is 10.2. The monoisotopic (exact) mass is 576 g/mol. The molecule has 0 amide bonds. The van der Waals surface area contributed by atoms with Crippen molar-refractivity contribution in [3.8, 4) is 5.88 Å². The highest BCUT2D eigenvalue weighted by Gasteiger charge is 2.37. The van der Waals surface area contributed by atoms with Gasteiger partial charge in [-0.05, 0) is 54.3 Å². The summed E-state index contributed by atoms with van der Waals surface area (Å²) in [5.41, 5.74) is 1.95. The Kier molecular flexibility index (Phi) is 7.27. The molecule has 1 aliphatic rings. The Bertz CT molecular complexity index is 1630. The smallest absolute Gasteiger partial charge is 0.219 e. The molecule has 1 fully saturated rings. The highest BCUT2D eigenvalue weighted by atomic mass is 35.5. The molecule has 10 heteroatoms. The summed E-state index contributed by atoms with van der Waals surface area (Å²) >= 11 is 13.3. The van der Waals surface area contributed by atoms with Crippen LogP contribution in [-0.4, -0.2) is 54.5 Å². The van der Waals surface area contributed by atoms with Crippen LogP contribution in [0.1, 0.15) is 41.3 Å². The van der Waals surface area contributed by atoms with Crippen molar-refractivity contribution in [2.24, 2.45) is 7.05 Å². The molecule has 8 nitrogen and oxygen atoms in total. The van der Waals surface area contributed by atoms with E-state index in [4.69, 9.17) is 32.9 Å². The van der Waals surface area contributed by atoms with Crippen molar-refractivity contribution in [1.82, 2.24) is 29.2 Å². The molecule has 2 aromatic carbocycles. The molecule has 1 atom stereocenters. The molecule has 0 radical (unpaired) electrons. The van der Waals surface area contributed by atoms with Gasteiger partial charge in [-0.3, -0.25) is 9.58 Å². The Morgan fingerprint density at radius 3 is 2.48 bits per heavy atom. The summed E-state index contributed by atoms with van der Waals surface area (Å²) in [5.74, 6) is 0.513. The highest BCUT2D eigenvalue weighted by Crippen LogP contribution is 2.41. The van der Waals surface area contributed by atoms with E-state index in [2.05, 4.69) is 15.0 Å². The minimum Gasteiger partial charge on any atom is -0.481 e. The van der Waals surface area contributed by atoms with Gasteiger partial charge in [0.2, 0.25) is 5.88 Å². The molecule has 0 spiro atoms. The molecule has 5 aromatic rings. The summed E-state index contributed by atoms with van der Waals surface area (Å²) in [6.07, 6.45) is 9.21. The topological polar surface area (TPSA) is 81.2 Å². The number of aliphatic hydroxyl groups is 1. The first kappa shape index (κ1) is 26.8. The van der Waals surface area contributed by atoms with Gasteiger partial charge in [0.1, 0.15) is 0 Å². The summed E-state index contributed by atoms with van der Waals surface area (Å²) in [5, 5.41) is 18.7. The number of imidazole rings is 1. The summed E-state index contributed by atoms with van der Waals surface area (Å²) in [6.45, 7) is 2.45. The molecule has 3 aromatic heterocycles. The molecule has 6 rings (SSSR count). The third kappa shape index (κ3) is 4.75. The number of nitrogens with zero attached hydrogens (tertiary/aromatic N) is 6. The Morgan fingerprint density at radius 1 is 1.07 bits per heavy atom. The fourth-order valence-corrected chi connectivity index (χ4v) is 6.11. The Balaban J connectivity index is 1.39. The van der Waals surface area contributed by atoms with Gasteiger partial charge in [0.15, 0.2) is 5.60 Å². The number of aromatic nitrogens is 5. The Labute approximate surface area is 242 Å². The first-order valence-electron chi connectivity index (χ1n) is 13.2. The summed E-state index contributed by atoms with van der Waals surface area (Å²) in [7, 11) is 3.48. The van der Waals surface area contributed by atoms with Crippen molar-refractivity contribution in [1.29, 1.82) is 0 Å². The first-order chi connectivity index (χ1) is 19.4. The normalized spacial score (nSPS) is 16.3. The second-order valence-corrected chi connectivity index (χ2v) is 11.1. The number of pyridine rings is 1. The van der Waals surface area contributed by atoms with Crippen molar-refractivity contribution in [3.63, 3.8) is 0 Å². The van der Waals surface area contributed by atoms with Crippen LogP contribution in [-0.2, 0) is 19.2 Å². The molecule has 0 saturated carbocycles. The number of benzene rings is 2. The van der Waals surface area contributed by atoms with E-state index < -0.39 is 5.60 Å². The van der Waals surface area contributed by atoms with Gasteiger partial charge < -0.3 is 14.4 Å². The van der Waals surface area contributed by atoms with Gasteiger partial charge >= 0.3 is 0 Å². The zero-order valence-corrected chi connectivity index (χ0v) is 23.8. The van der Waals surface area contributed by atoms with Gasteiger partial charge in [-0.15, -0.1) is 0 Å². The maximum absolute atomic E-state index is 12.4. The van der Waals surface area contributed by atoms with Crippen LogP contribution >= 0.6 is 23.2 Å². The number of ether oxygens (including phenoxy) is 1. The van der Waals surface area contributed by atoms with Gasteiger partial charge in [0.05, 0.1) is 41.9 Å². The van der Waals surface area contributed by atoms with Crippen LogP contribution in [0.15, 0.2) is 73.4 Å². The lowest BCUT2D eigenvalue weighted by Crippen LogP contribution is -2.34.